The van der Waals surface area contributed by atoms with E-state index in [0.29, 0.717) is 23.5 Å². The van der Waals surface area contributed by atoms with Gasteiger partial charge in [-0.15, -0.1) is 0 Å². The van der Waals surface area contributed by atoms with Crippen LogP contribution in [0.2, 0.25) is 0 Å². The predicted octanol–water partition coefficient (Wildman–Crippen LogP) is 4.44. The minimum atomic E-state index is -0.504. The Morgan fingerprint density at radius 2 is 1.72 bits per heavy atom. The Hall–Kier alpha value is -4.85. The molecule has 180 valence electrons. The predicted molar refractivity (Wildman–Crippen MR) is 137 cm³/mol. The van der Waals surface area contributed by atoms with Gasteiger partial charge in [0.15, 0.2) is 0 Å². The lowest BCUT2D eigenvalue weighted by atomic mass is 10.0. The van der Waals surface area contributed by atoms with Crippen molar-refractivity contribution in [2.45, 2.75) is 20.1 Å². The van der Waals surface area contributed by atoms with Crippen molar-refractivity contribution < 1.29 is 14.6 Å². The van der Waals surface area contributed by atoms with Gasteiger partial charge >= 0.3 is 5.69 Å². The number of ether oxygens (including phenoxy) is 1. The maximum Gasteiger partial charge on any atom is 0.326 e. The van der Waals surface area contributed by atoms with Gasteiger partial charge in [0.2, 0.25) is 5.88 Å². The maximum atomic E-state index is 12.7. The summed E-state index contributed by atoms with van der Waals surface area (Å²) < 4.78 is 5.98. The van der Waals surface area contributed by atoms with Crippen molar-refractivity contribution in [3.05, 3.63) is 112 Å². The number of H-pyrrole nitrogens is 2. The molecule has 0 unspecified atom stereocenters. The molecule has 8 heteroatoms. The van der Waals surface area contributed by atoms with Gasteiger partial charge in [0, 0.05) is 34.3 Å². The fraction of sp³-hybridized carbons (Fsp3) is 0.107. The van der Waals surface area contributed by atoms with E-state index < -0.39 is 5.69 Å². The molecule has 5 rings (SSSR count). The molecule has 8 nitrogen and oxygen atoms in total. The van der Waals surface area contributed by atoms with Gasteiger partial charge in [-0.1, -0.05) is 42.5 Å². The molecule has 36 heavy (non-hydrogen) atoms. The van der Waals surface area contributed by atoms with Crippen molar-refractivity contribution >= 4 is 16.8 Å². The molecular formula is C28H24N4O4. The van der Waals surface area contributed by atoms with Crippen LogP contribution in [-0.4, -0.2) is 26.0 Å². The summed E-state index contributed by atoms with van der Waals surface area (Å²) in [6.07, 6.45) is 0. The van der Waals surface area contributed by atoms with Gasteiger partial charge in [0.05, 0.1) is 5.52 Å². The molecule has 0 saturated carbocycles. The quantitative estimate of drug-likeness (QED) is 0.275. The summed E-state index contributed by atoms with van der Waals surface area (Å²) in [7, 11) is 0. The Morgan fingerprint density at radius 1 is 0.972 bits per heavy atom. The molecule has 0 atom stereocenters. The number of para-hydroxylation sites is 1. The Labute approximate surface area is 206 Å². The summed E-state index contributed by atoms with van der Waals surface area (Å²) in [4.78, 5) is 33.7. The number of rotatable bonds is 7. The van der Waals surface area contributed by atoms with Gasteiger partial charge in [-0.2, -0.15) is 0 Å². The second-order valence-electron chi connectivity index (χ2n) is 8.40. The van der Waals surface area contributed by atoms with Gasteiger partial charge in [-0.3, -0.25) is 14.8 Å². The zero-order valence-electron chi connectivity index (χ0n) is 19.5. The lowest BCUT2D eigenvalue weighted by Crippen LogP contribution is -2.23. The summed E-state index contributed by atoms with van der Waals surface area (Å²) in [6, 6.07) is 24.1. The van der Waals surface area contributed by atoms with E-state index in [1.807, 2.05) is 49.4 Å². The number of carbonyl (C=O) groups excluding carboxylic acids is 1. The highest BCUT2D eigenvalue weighted by Gasteiger charge is 2.14. The Balaban J connectivity index is 1.24. The lowest BCUT2D eigenvalue weighted by molar-refractivity contribution is 0.0951. The number of imidazole rings is 1. The number of aromatic nitrogens is 3. The van der Waals surface area contributed by atoms with Crippen molar-refractivity contribution in [2.24, 2.45) is 0 Å². The average molecular weight is 481 g/mol. The number of nitrogens with one attached hydrogen (secondary N) is 3. The maximum absolute atomic E-state index is 12.7. The molecule has 0 aliphatic rings. The van der Waals surface area contributed by atoms with Gasteiger partial charge in [0.1, 0.15) is 18.1 Å². The van der Waals surface area contributed by atoms with E-state index in [1.165, 1.54) is 0 Å². The topological polar surface area (TPSA) is 120 Å². The number of hydrogen-bond donors (Lipinski definition) is 4. The molecule has 0 bridgehead atoms. The smallest absolute Gasteiger partial charge is 0.326 e. The third kappa shape index (κ3) is 4.83. The number of nitrogens with zero attached hydrogens (tertiary/aromatic N) is 1. The first-order valence-electron chi connectivity index (χ1n) is 11.4. The summed E-state index contributed by atoms with van der Waals surface area (Å²) >= 11 is 0. The van der Waals surface area contributed by atoms with Crippen LogP contribution in [-0.2, 0) is 13.2 Å². The SMILES string of the molecule is Cc1cc(COc2ccc(C(=O)NCc3ccccc3-c3[nH]c(=O)[nH]c3O)cc2)c2ccccc2n1. The number of fused-ring (bicyclic) bond motifs is 1. The average Bonchev–Trinajstić information content (AvgIpc) is 3.23. The van der Waals surface area contributed by atoms with Crippen molar-refractivity contribution in [1.29, 1.82) is 0 Å². The lowest BCUT2D eigenvalue weighted by Gasteiger charge is -2.11. The van der Waals surface area contributed by atoms with Gasteiger partial charge in [0.25, 0.3) is 5.91 Å². The largest absolute Gasteiger partial charge is 0.493 e. The first-order chi connectivity index (χ1) is 17.5. The molecule has 2 aromatic heterocycles. The highest BCUT2D eigenvalue weighted by molar-refractivity contribution is 5.94. The monoisotopic (exact) mass is 480 g/mol. The Kier molecular flexibility index (Phi) is 6.23. The summed E-state index contributed by atoms with van der Waals surface area (Å²) in [5, 5.41) is 13.9. The van der Waals surface area contributed by atoms with E-state index >= 15 is 0 Å². The highest BCUT2D eigenvalue weighted by Crippen LogP contribution is 2.27. The molecule has 0 spiro atoms. The van der Waals surface area contributed by atoms with Crippen LogP contribution in [0.25, 0.3) is 22.2 Å². The second-order valence-corrected chi connectivity index (χ2v) is 8.40. The number of aromatic hydroxyl groups is 1. The van der Waals surface area contributed by atoms with Gasteiger partial charge in [-0.05, 0) is 48.9 Å². The van der Waals surface area contributed by atoms with E-state index in [9.17, 15) is 14.7 Å². The molecule has 0 radical (unpaired) electrons. The standard InChI is InChI=1S/C28H24N4O4/c1-17-14-20(22-7-4-5-9-24(22)30-17)16-36-21-12-10-18(11-13-21)26(33)29-15-19-6-2-3-8-23(19)25-27(34)32-28(35)31-25/h2-14,34H,15-16H2,1H3,(H,29,33)(H2,31,32,35). The van der Waals surface area contributed by atoms with Gasteiger partial charge in [-0.25, -0.2) is 4.79 Å². The molecule has 0 fully saturated rings. The number of amides is 1. The van der Waals surface area contributed by atoms with Crippen molar-refractivity contribution in [3.63, 3.8) is 0 Å². The molecule has 4 N–H and O–H groups in total. The van der Waals surface area contributed by atoms with Gasteiger partial charge < -0.3 is 20.1 Å². The normalized spacial score (nSPS) is 10.9. The molecule has 0 saturated heterocycles. The number of pyridine rings is 1. The van der Waals surface area contributed by atoms with Crippen LogP contribution < -0.4 is 15.7 Å². The molecule has 0 aliphatic carbocycles. The van der Waals surface area contributed by atoms with Crippen LogP contribution in [0.4, 0.5) is 0 Å². The van der Waals surface area contributed by atoms with E-state index in [2.05, 4.69) is 20.3 Å². The first kappa shape index (κ1) is 22.9. The van der Waals surface area contributed by atoms with Crippen LogP contribution in [0, 0.1) is 6.92 Å². The van der Waals surface area contributed by atoms with Crippen LogP contribution in [0.3, 0.4) is 0 Å². The molecular weight excluding hydrogens is 456 g/mol. The zero-order chi connectivity index (χ0) is 25.1. The van der Waals surface area contributed by atoms with E-state index in [-0.39, 0.29) is 24.0 Å². The Morgan fingerprint density at radius 3 is 2.50 bits per heavy atom. The number of aromatic amines is 2. The summed E-state index contributed by atoms with van der Waals surface area (Å²) in [6.45, 7) is 2.57. The van der Waals surface area contributed by atoms with Crippen LogP contribution in [0.1, 0.15) is 27.2 Å². The highest BCUT2D eigenvalue weighted by atomic mass is 16.5. The molecule has 5 aromatic rings. The summed E-state index contributed by atoms with van der Waals surface area (Å²) in [5.74, 6) is 0.158. The zero-order valence-corrected chi connectivity index (χ0v) is 19.5. The van der Waals surface area contributed by atoms with E-state index in [4.69, 9.17) is 4.74 Å². The third-order valence-electron chi connectivity index (χ3n) is 5.87. The molecule has 3 aromatic carbocycles. The number of hydrogen-bond acceptors (Lipinski definition) is 5. The number of benzene rings is 3. The van der Waals surface area contributed by atoms with Crippen LogP contribution in [0.5, 0.6) is 11.6 Å². The third-order valence-corrected chi connectivity index (χ3v) is 5.87. The molecule has 0 aliphatic heterocycles. The summed E-state index contributed by atoms with van der Waals surface area (Å²) in [5.41, 5.74) is 4.55. The first-order valence-corrected chi connectivity index (χ1v) is 11.4. The number of aryl methyl sites for hydroxylation is 1. The minimum Gasteiger partial charge on any atom is -0.493 e. The van der Waals surface area contributed by atoms with Crippen LogP contribution >= 0.6 is 0 Å². The van der Waals surface area contributed by atoms with Crippen molar-refractivity contribution in [2.75, 3.05) is 0 Å². The minimum absolute atomic E-state index is 0.217. The molecule has 2 heterocycles. The Bertz CT molecular complexity index is 1600. The van der Waals surface area contributed by atoms with Crippen molar-refractivity contribution in [3.8, 4) is 22.9 Å². The number of carbonyl (C=O) groups is 1. The molecule has 1 amide bonds. The fourth-order valence-corrected chi connectivity index (χ4v) is 4.14. The van der Waals surface area contributed by atoms with Crippen LogP contribution in [0.15, 0.2) is 83.7 Å². The van der Waals surface area contributed by atoms with E-state index in [0.717, 1.165) is 27.7 Å². The van der Waals surface area contributed by atoms with Crippen molar-refractivity contribution in [1.82, 2.24) is 20.3 Å². The second kappa shape index (κ2) is 9.79. The fourth-order valence-electron chi connectivity index (χ4n) is 4.14. The van der Waals surface area contributed by atoms with E-state index in [1.54, 1.807) is 36.4 Å².